The average molecular weight is 380 g/mol. The van der Waals surface area contributed by atoms with Crippen LogP contribution < -0.4 is 4.31 Å². The first-order valence-electron chi connectivity index (χ1n) is 9.00. The molecule has 0 bridgehead atoms. The lowest BCUT2D eigenvalue weighted by Crippen LogP contribution is -2.31. The number of benzene rings is 3. The molecule has 0 saturated heterocycles. The van der Waals surface area contributed by atoms with Gasteiger partial charge in [-0.2, -0.15) is 0 Å². The van der Waals surface area contributed by atoms with Gasteiger partial charge in [0.2, 0.25) is 0 Å². The molecule has 0 fully saturated rings. The Labute approximate surface area is 162 Å². The van der Waals surface area contributed by atoms with E-state index in [1.807, 2.05) is 82.3 Å². The lowest BCUT2D eigenvalue weighted by Gasteiger charge is -2.28. The van der Waals surface area contributed by atoms with Crippen molar-refractivity contribution in [1.82, 2.24) is 0 Å². The molecule has 0 radical (unpaired) electrons. The molecule has 0 aliphatic rings. The van der Waals surface area contributed by atoms with Gasteiger partial charge in [-0.05, 0) is 56.5 Å². The highest BCUT2D eigenvalue weighted by Crippen LogP contribution is 2.31. The molecule has 0 aliphatic heterocycles. The fraction of sp³-hybridized carbons (Fsp3) is 0.217. The van der Waals surface area contributed by atoms with Crippen LogP contribution in [0.25, 0.3) is 0 Å². The Bertz CT molecular complexity index is 1020. The lowest BCUT2D eigenvalue weighted by atomic mass is 10.1. The summed E-state index contributed by atoms with van der Waals surface area (Å²) in [5, 5.41) is 0. The first-order chi connectivity index (χ1) is 12.8. The van der Waals surface area contributed by atoms with Crippen LogP contribution in [0.4, 0.5) is 5.69 Å². The zero-order valence-corrected chi connectivity index (χ0v) is 17.0. The molecule has 3 rings (SSSR count). The molecule has 0 heterocycles. The van der Waals surface area contributed by atoms with E-state index >= 15 is 0 Å². The summed E-state index contributed by atoms with van der Waals surface area (Å²) in [5.74, 6) is 0. The van der Waals surface area contributed by atoms with E-state index in [0.29, 0.717) is 11.4 Å². The molecule has 4 heteroatoms. The molecule has 3 aromatic carbocycles. The highest BCUT2D eigenvalue weighted by Gasteiger charge is 2.27. The molecule has 140 valence electrons. The first-order valence-corrected chi connectivity index (χ1v) is 10.4. The van der Waals surface area contributed by atoms with E-state index in [1.165, 1.54) is 4.31 Å². The second kappa shape index (κ2) is 7.57. The van der Waals surface area contributed by atoms with Crippen molar-refractivity contribution in [2.75, 3.05) is 4.31 Å². The Kier molecular flexibility index (Phi) is 5.38. The van der Waals surface area contributed by atoms with E-state index in [1.54, 1.807) is 12.1 Å². The second-order valence-corrected chi connectivity index (χ2v) is 8.91. The molecule has 0 aliphatic carbocycles. The van der Waals surface area contributed by atoms with Crippen LogP contribution in [0.5, 0.6) is 0 Å². The highest BCUT2D eigenvalue weighted by molar-refractivity contribution is 7.92. The van der Waals surface area contributed by atoms with Crippen LogP contribution in [0.15, 0.2) is 71.6 Å². The van der Waals surface area contributed by atoms with Crippen molar-refractivity contribution in [3.8, 4) is 0 Å². The number of sulfonamides is 1. The summed E-state index contributed by atoms with van der Waals surface area (Å²) in [7, 11) is -3.69. The van der Waals surface area contributed by atoms with Gasteiger partial charge in [-0.1, -0.05) is 65.7 Å². The Morgan fingerprint density at radius 1 is 0.704 bits per heavy atom. The maximum atomic E-state index is 13.5. The lowest BCUT2D eigenvalue weighted by molar-refractivity contribution is 0.590. The van der Waals surface area contributed by atoms with E-state index < -0.39 is 10.0 Å². The standard InChI is InChI=1S/C23H25NO2S/c1-17-8-12-21(13-9-17)16-24(23-19(3)6-5-7-20(23)4)27(25,26)22-14-10-18(2)11-15-22/h5-15H,16H2,1-4H3. The zero-order valence-electron chi connectivity index (χ0n) is 16.2. The third kappa shape index (κ3) is 4.06. The maximum Gasteiger partial charge on any atom is 0.264 e. The van der Waals surface area contributed by atoms with Crippen molar-refractivity contribution in [3.63, 3.8) is 0 Å². The van der Waals surface area contributed by atoms with Gasteiger partial charge in [-0.3, -0.25) is 4.31 Å². The summed E-state index contributed by atoms with van der Waals surface area (Å²) < 4.78 is 28.6. The fourth-order valence-corrected chi connectivity index (χ4v) is 4.76. The molecule has 27 heavy (non-hydrogen) atoms. The molecular formula is C23H25NO2S. The Hall–Kier alpha value is -2.59. The minimum Gasteiger partial charge on any atom is -0.261 e. The SMILES string of the molecule is Cc1ccc(CN(c2c(C)cccc2C)S(=O)(=O)c2ccc(C)cc2)cc1. The van der Waals surface area contributed by atoms with E-state index in [2.05, 4.69) is 0 Å². The van der Waals surface area contributed by atoms with Crippen LogP contribution in [0, 0.1) is 27.7 Å². The summed E-state index contributed by atoms with van der Waals surface area (Å²) in [5.41, 5.74) is 5.78. The third-order valence-electron chi connectivity index (χ3n) is 4.74. The third-order valence-corrected chi connectivity index (χ3v) is 6.50. The second-order valence-electron chi connectivity index (χ2n) is 7.05. The number of aryl methyl sites for hydroxylation is 4. The molecule has 3 aromatic rings. The van der Waals surface area contributed by atoms with Crippen LogP contribution in [0.3, 0.4) is 0 Å². The van der Waals surface area contributed by atoms with Gasteiger partial charge in [0, 0.05) is 0 Å². The molecule has 0 unspecified atom stereocenters. The van der Waals surface area contributed by atoms with Gasteiger partial charge in [-0.25, -0.2) is 8.42 Å². The van der Waals surface area contributed by atoms with Crippen LogP contribution in [0.1, 0.15) is 27.8 Å². The predicted molar refractivity (Wildman–Crippen MR) is 112 cm³/mol. The number of rotatable bonds is 5. The Balaban J connectivity index is 2.14. The maximum absolute atomic E-state index is 13.5. The summed E-state index contributed by atoms with van der Waals surface area (Å²) in [4.78, 5) is 0.308. The number of anilines is 1. The van der Waals surface area contributed by atoms with E-state index in [4.69, 9.17) is 0 Å². The topological polar surface area (TPSA) is 37.4 Å². The van der Waals surface area contributed by atoms with Gasteiger partial charge in [0.1, 0.15) is 0 Å². The quantitative estimate of drug-likeness (QED) is 0.602. The van der Waals surface area contributed by atoms with Gasteiger partial charge in [0.15, 0.2) is 0 Å². The van der Waals surface area contributed by atoms with E-state index in [0.717, 1.165) is 33.5 Å². The van der Waals surface area contributed by atoms with Crippen molar-refractivity contribution in [3.05, 3.63) is 94.5 Å². The van der Waals surface area contributed by atoms with Crippen molar-refractivity contribution in [1.29, 1.82) is 0 Å². The van der Waals surface area contributed by atoms with Crippen molar-refractivity contribution < 1.29 is 8.42 Å². The minimum absolute atomic E-state index is 0.294. The van der Waals surface area contributed by atoms with E-state index in [9.17, 15) is 8.42 Å². The molecule has 0 saturated carbocycles. The van der Waals surface area contributed by atoms with Crippen molar-refractivity contribution in [2.24, 2.45) is 0 Å². The fourth-order valence-electron chi connectivity index (χ4n) is 3.18. The first kappa shape index (κ1) is 19.2. The molecule has 0 spiro atoms. The summed E-state index contributed by atoms with van der Waals surface area (Å²) in [6, 6.07) is 20.9. The molecule has 0 N–H and O–H groups in total. The van der Waals surface area contributed by atoms with E-state index in [-0.39, 0.29) is 0 Å². The van der Waals surface area contributed by atoms with Crippen LogP contribution in [0.2, 0.25) is 0 Å². The molecular weight excluding hydrogens is 354 g/mol. The van der Waals surface area contributed by atoms with Gasteiger partial charge in [0.25, 0.3) is 10.0 Å². The summed E-state index contributed by atoms with van der Waals surface area (Å²) >= 11 is 0. The monoisotopic (exact) mass is 379 g/mol. The number of nitrogens with zero attached hydrogens (tertiary/aromatic N) is 1. The van der Waals surface area contributed by atoms with Gasteiger partial charge < -0.3 is 0 Å². The Morgan fingerprint density at radius 3 is 1.70 bits per heavy atom. The van der Waals surface area contributed by atoms with Crippen LogP contribution in [-0.4, -0.2) is 8.42 Å². The average Bonchev–Trinajstić information content (AvgIpc) is 2.62. The summed E-state index contributed by atoms with van der Waals surface area (Å²) in [6.07, 6.45) is 0. The molecule has 0 atom stereocenters. The number of hydrogen-bond donors (Lipinski definition) is 0. The van der Waals surface area contributed by atoms with Crippen molar-refractivity contribution in [2.45, 2.75) is 39.1 Å². The molecule has 0 amide bonds. The van der Waals surface area contributed by atoms with Gasteiger partial charge in [0.05, 0.1) is 17.1 Å². The number of hydrogen-bond acceptors (Lipinski definition) is 2. The zero-order chi connectivity index (χ0) is 19.6. The highest BCUT2D eigenvalue weighted by atomic mass is 32.2. The van der Waals surface area contributed by atoms with Gasteiger partial charge >= 0.3 is 0 Å². The Morgan fingerprint density at radius 2 is 1.19 bits per heavy atom. The normalized spacial score (nSPS) is 11.4. The molecule has 0 aromatic heterocycles. The predicted octanol–water partition coefficient (Wildman–Crippen LogP) is 5.32. The smallest absolute Gasteiger partial charge is 0.261 e. The van der Waals surface area contributed by atoms with Crippen LogP contribution >= 0.6 is 0 Å². The minimum atomic E-state index is -3.69. The van der Waals surface area contributed by atoms with Crippen LogP contribution in [-0.2, 0) is 16.6 Å². The van der Waals surface area contributed by atoms with Gasteiger partial charge in [-0.15, -0.1) is 0 Å². The largest absolute Gasteiger partial charge is 0.264 e. The molecule has 3 nitrogen and oxygen atoms in total. The summed E-state index contributed by atoms with van der Waals surface area (Å²) in [6.45, 7) is 8.18. The van der Waals surface area contributed by atoms with Crippen molar-refractivity contribution >= 4 is 15.7 Å². The number of para-hydroxylation sites is 1.